The van der Waals surface area contributed by atoms with Gasteiger partial charge in [-0.05, 0) is 50.1 Å². The molecule has 156 valence electrons. The molecule has 0 aliphatic heterocycles. The van der Waals surface area contributed by atoms with Gasteiger partial charge in [-0.3, -0.25) is 9.59 Å². The number of benzene rings is 2. The van der Waals surface area contributed by atoms with Crippen LogP contribution in [0.1, 0.15) is 32.3 Å². The third kappa shape index (κ3) is 7.14. The molecule has 29 heavy (non-hydrogen) atoms. The van der Waals surface area contributed by atoms with E-state index in [-0.39, 0.29) is 11.8 Å². The predicted molar refractivity (Wildman–Crippen MR) is 113 cm³/mol. The number of para-hydroxylation sites is 1. The van der Waals surface area contributed by atoms with E-state index in [1.54, 1.807) is 18.9 Å². The van der Waals surface area contributed by atoms with E-state index in [1.807, 2.05) is 61.5 Å². The summed E-state index contributed by atoms with van der Waals surface area (Å²) in [6, 6.07) is 16.5. The molecule has 0 radical (unpaired) electrons. The molecule has 0 saturated heterocycles. The van der Waals surface area contributed by atoms with Crippen LogP contribution in [0.25, 0.3) is 0 Å². The number of nitrogens with one attached hydrogen (secondary N) is 1. The third-order valence-electron chi connectivity index (χ3n) is 4.55. The summed E-state index contributed by atoms with van der Waals surface area (Å²) in [4.78, 5) is 26.9. The number of hydrogen-bond donors (Lipinski definition) is 1. The lowest BCUT2D eigenvalue weighted by atomic mass is 10.1. The summed E-state index contributed by atoms with van der Waals surface area (Å²) in [7, 11) is 1.60. The smallest absolute Gasteiger partial charge is 0.242 e. The van der Waals surface area contributed by atoms with E-state index in [2.05, 4.69) is 5.32 Å². The number of ether oxygens (including phenoxy) is 2. The number of carbonyl (C=O) groups is 2. The molecule has 0 aromatic heterocycles. The van der Waals surface area contributed by atoms with Crippen molar-refractivity contribution < 1.29 is 19.1 Å². The average molecular weight is 399 g/mol. The lowest BCUT2D eigenvalue weighted by Crippen LogP contribution is -2.47. The molecule has 0 spiro atoms. The zero-order valence-electron chi connectivity index (χ0n) is 17.4. The minimum Gasteiger partial charge on any atom is -0.497 e. The van der Waals surface area contributed by atoms with E-state index in [0.29, 0.717) is 32.5 Å². The Kier molecular flexibility index (Phi) is 9.02. The molecular weight excluding hydrogens is 368 g/mol. The molecule has 0 heterocycles. The van der Waals surface area contributed by atoms with Crippen LogP contribution in [0.5, 0.6) is 11.5 Å². The normalized spacial score (nSPS) is 11.4. The second-order valence-corrected chi connectivity index (χ2v) is 6.71. The molecule has 1 N–H and O–H groups in total. The number of nitrogens with zero attached hydrogens (tertiary/aromatic N) is 1. The zero-order chi connectivity index (χ0) is 21.1. The predicted octanol–water partition coefficient (Wildman–Crippen LogP) is 3.41. The van der Waals surface area contributed by atoms with Crippen molar-refractivity contribution in [1.82, 2.24) is 10.2 Å². The van der Waals surface area contributed by atoms with Crippen molar-refractivity contribution in [2.45, 2.75) is 39.3 Å². The van der Waals surface area contributed by atoms with Gasteiger partial charge in [0.2, 0.25) is 11.8 Å². The van der Waals surface area contributed by atoms with Crippen LogP contribution in [0.4, 0.5) is 0 Å². The Hall–Kier alpha value is -3.02. The number of likely N-dealkylation sites (N-methyl/N-ethyl adjacent to an activating group) is 1. The quantitative estimate of drug-likeness (QED) is 0.589. The SMILES string of the molecule is CCNC(=O)[C@H](C)N(Cc1cccc(OC)c1)C(=O)CCCOc1ccccc1. The summed E-state index contributed by atoms with van der Waals surface area (Å²) in [5.74, 6) is 1.26. The fraction of sp³-hybridized carbons (Fsp3) is 0.391. The van der Waals surface area contributed by atoms with E-state index in [0.717, 1.165) is 17.1 Å². The summed E-state index contributed by atoms with van der Waals surface area (Å²) in [6.07, 6.45) is 0.880. The highest BCUT2D eigenvalue weighted by Crippen LogP contribution is 2.17. The van der Waals surface area contributed by atoms with Crippen molar-refractivity contribution >= 4 is 11.8 Å². The van der Waals surface area contributed by atoms with Gasteiger partial charge in [0.15, 0.2) is 0 Å². The Bertz CT molecular complexity index is 779. The van der Waals surface area contributed by atoms with Crippen molar-refractivity contribution in [3.8, 4) is 11.5 Å². The van der Waals surface area contributed by atoms with E-state index in [4.69, 9.17) is 9.47 Å². The Morgan fingerprint density at radius 1 is 1.07 bits per heavy atom. The van der Waals surface area contributed by atoms with Gasteiger partial charge in [0.05, 0.1) is 13.7 Å². The molecule has 0 unspecified atom stereocenters. The van der Waals surface area contributed by atoms with E-state index in [9.17, 15) is 9.59 Å². The minimum atomic E-state index is -0.566. The third-order valence-corrected chi connectivity index (χ3v) is 4.55. The number of amides is 2. The van der Waals surface area contributed by atoms with Crippen LogP contribution in [0.2, 0.25) is 0 Å². The molecule has 1 atom stereocenters. The van der Waals surface area contributed by atoms with Gasteiger partial charge < -0.3 is 19.7 Å². The van der Waals surface area contributed by atoms with Crippen molar-refractivity contribution in [2.75, 3.05) is 20.3 Å². The molecule has 2 aromatic carbocycles. The van der Waals surface area contributed by atoms with Gasteiger partial charge in [-0.1, -0.05) is 30.3 Å². The highest BCUT2D eigenvalue weighted by Gasteiger charge is 2.25. The Labute approximate surface area is 172 Å². The maximum Gasteiger partial charge on any atom is 0.242 e. The fourth-order valence-corrected chi connectivity index (χ4v) is 2.95. The molecular formula is C23H30N2O4. The standard InChI is InChI=1S/C23H30N2O4/c1-4-24-23(27)18(2)25(17-19-10-8-13-21(16-19)28-3)22(26)14-9-15-29-20-11-6-5-7-12-20/h5-8,10-13,16,18H,4,9,14-15,17H2,1-3H3,(H,24,27)/t18-/m0/s1. The van der Waals surface area contributed by atoms with E-state index in [1.165, 1.54) is 0 Å². The van der Waals surface area contributed by atoms with Gasteiger partial charge >= 0.3 is 0 Å². The van der Waals surface area contributed by atoms with Crippen LogP contribution in [-0.4, -0.2) is 43.0 Å². The summed E-state index contributed by atoms with van der Waals surface area (Å²) in [5.41, 5.74) is 0.911. The number of hydrogen-bond acceptors (Lipinski definition) is 4. The molecule has 0 fully saturated rings. The van der Waals surface area contributed by atoms with Crippen LogP contribution in [0.15, 0.2) is 54.6 Å². The summed E-state index contributed by atoms with van der Waals surface area (Å²) < 4.78 is 10.9. The van der Waals surface area contributed by atoms with Gasteiger partial charge in [-0.15, -0.1) is 0 Å². The van der Waals surface area contributed by atoms with Crippen LogP contribution in [-0.2, 0) is 16.1 Å². The molecule has 2 rings (SSSR count). The monoisotopic (exact) mass is 398 g/mol. The zero-order valence-corrected chi connectivity index (χ0v) is 17.4. The largest absolute Gasteiger partial charge is 0.497 e. The van der Waals surface area contributed by atoms with Crippen LogP contribution < -0.4 is 14.8 Å². The first-order chi connectivity index (χ1) is 14.0. The topological polar surface area (TPSA) is 67.9 Å². The lowest BCUT2D eigenvalue weighted by molar-refractivity contribution is -0.140. The second kappa shape index (κ2) is 11.7. The lowest BCUT2D eigenvalue weighted by Gasteiger charge is -2.29. The van der Waals surface area contributed by atoms with Gasteiger partial charge in [0.1, 0.15) is 17.5 Å². The van der Waals surface area contributed by atoms with Crippen molar-refractivity contribution in [3.63, 3.8) is 0 Å². The minimum absolute atomic E-state index is 0.0803. The number of rotatable bonds is 11. The fourth-order valence-electron chi connectivity index (χ4n) is 2.95. The molecule has 0 bridgehead atoms. The number of methoxy groups -OCH3 is 1. The van der Waals surface area contributed by atoms with Gasteiger partial charge in [0, 0.05) is 19.5 Å². The van der Waals surface area contributed by atoms with Gasteiger partial charge in [0.25, 0.3) is 0 Å². The Morgan fingerprint density at radius 3 is 2.48 bits per heavy atom. The van der Waals surface area contributed by atoms with Crippen molar-refractivity contribution in [2.24, 2.45) is 0 Å². The molecule has 2 aromatic rings. The Balaban J connectivity index is 2.00. The molecule has 2 amide bonds. The average Bonchev–Trinajstić information content (AvgIpc) is 2.75. The molecule has 0 saturated carbocycles. The Morgan fingerprint density at radius 2 is 1.79 bits per heavy atom. The van der Waals surface area contributed by atoms with Crippen molar-refractivity contribution in [3.05, 3.63) is 60.2 Å². The summed E-state index contributed by atoms with van der Waals surface area (Å²) >= 11 is 0. The number of carbonyl (C=O) groups excluding carboxylic acids is 2. The van der Waals surface area contributed by atoms with Crippen LogP contribution in [0, 0.1) is 0 Å². The van der Waals surface area contributed by atoms with Crippen molar-refractivity contribution in [1.29, 1.82) is 0 Å². The molecule has 6 heteroatoms. The first-order valence-electron chi connectivity index (χ1n) is 9.93. The van der Waals surface area contributed by atoms with Gasteiger partial charge in [-0.2, -0.15) is 0 Å². The maximum absolute atomic E-state index is 12.9. The van der Waals surface area contributed by atoms with Crippen LogP contribution in [0.3, 0.4) is 0 Å². The highest BCUT2D eigenvalue weighted by molar-refractivity contribution is 5.87. The second-order valence-electron chi connectivity index (χ2n) is 6.71. The van der Waals surface area contributed by atoms with Gasteiger partial charge in [-0.25, -0.2) is 0 Å². The first kappa shape index (κ1) is 22.3. The van der Waals surface area contributed by atoms with E-state index >= 15 is 0 Å². The molecule has 6 nitrogen and oxygen atoms in total. The maximum atomic E-state index is 12.9. The highest BCUT2D eigenvalue weighted by atomic mass is 16.5. The van der Waals surface area contributed by atoms with Crippen LogP contribution >= 0.6 is 0 Å². The molecule has 0 aliphatic carbocycles. The summed E-state index contributed by atoms with van der Waals surface area (Å²) in [5, 5.41) is 2.80. The summed E-state index contributed by atoms with van der Waals surface area (Å²) in [6.45, 7) is 4.92. The first-order valence-corrected chi connectivity index (χ1v) is 9.93. The van der Waals surface area contributed by atoms with E-state index < -0.39 is 6.04 Å². The molecule has 0 aliphatic rings.